The van der Waals surface area contributed by atoms with Crippen molar-refractivity contribution in [2.24, 2.45) is 0 Å². The number of ether oxygens (including phenoxy) is 1. The molecule has 0 aliphatic heterocycles. The molecule has 0 saturated carbocycles. The molecule has 0 saturated heterocycles. The maximum Gasteiger partial charge on any atom is 0.337 e. The van der Waals surface area contributed by atoms with Crippen LogP contribution in [0.4, 0.5) is 5.69 Å². The van der Waals surface area contributed by atoms with Gasteiger partial charge in [-0.25, -0.2) is 9.78 Å². The number of methoxy groups -OCH3 is 1. The number of esters is 1. The topological polar surface area (TPSA) is 90.3 Å². The molecule has 1 heterocycles. The van der Waals surface area contributed by atoms with Gasteiger partial charge in [-0.2, -0.15) is 0 Å². The minimum Gasteiger partial charge on any atom is -0.465 e. The maximum absolute atomic E-state index is 12.6. The number of rotatable bonds is 4. The van der Waals surface area contributed by atoms with Gasteiger partial charge in [0.2, 0.25) is 5.91 Å². The third kappa shape index (κ3) is 4.10. The second-order valence-corrected chi connectivity index (χ2v) is 6.43. The lowest BCUT2D eigenvalue weighted by atomic mass is 10.2. The van der Waals surface area contributed by atoms with Crippen molar-refractivity contribution < 1.29 is 14.3 Å². The average molecular weight is 406 g/mol. The van der Waals surface area contributed by atoms with Crippen LogP contribution >= 0.6 is 23.2 Å². The summed E-state index contributed by atoms with van der Waals surface area (Å²) >= 11 is 12.0. The lowest BCUT2D eigenvalue weighted by Crippen LogP contribution is -2.28. The van der Waals surface area contributed by atoms with Crippen molar-refractivity contribution in [2.45, 2.75) is 6.54 Å². The number of nitrogens with zero attached hydrogens (tertiary/aromatic N) is 2. The van der Waals surface area contributed by atoms with Gasteiger partial charge in [-0.15, -0.1) is 0 Å². The van der Waals surface area contributed by atoms with Crippen molar-refractivity contribution in [3.63, 3.8) is 0 Å². The number of benzene rings is 2. The molecular formula is C18H13Cl2N3O4. The summed E-state index contributed by atoms with van der Waals surface area (Å²) in [5.74, 6) is -0.983. The fraction of sp³-hybridized carbons (Fsp3) is 0.111. The van der Waals surface area contributed by atoms with Gasteiger partial charge in [0.05, 0.1) is 34.9 Å². The molecular weight excluding hydrogens is 393 g/mol. The van der Waals surface area contributed by atoms with Crippen LogP contribution < -0.4 is 10.9 Å². The number of hydrogen-bond acceptors (Lipinski definition) is 5. The molecule has 0 atom stereocenters. The first-order valence-corrected chi connectivity index (χ1v) is 8.47. The van der Waals surface area contributed by atoms with Crippen molar-refractivity contribution in [2.75, 3.05) is 12.4 Å². The van der Waals surface area contributed by atoms with Gasteiger partial charge in [0.1, 0.15) is 6.54 Å². The molecule has 1 amide bonds. The quantitative estimate of drug-likeness (QED) is 0.673. The number of halogens is 2. The van der Waals surface area contributed by atoms with Crippen LogP contribution in [0.3, 0.4) is 0 Å². The van der Waals surface area contributed by atoms with Crippen molar-refractivity contribution in [3.05, 3.63) is 68.7 Å². The van der Waals surface area contributed by atoms with E-state index in [2.05, 4.69) is 15.0 Å². The Balaban J connectivity index is 1.83. The second kappa shape index (κ2) is 7.77. The smallest absolute Gasteiger partial charge is 0.337 e. The summed E-state index contributed by atoms with van der Waals surface area (Å²) in [6, 6.07) is 9.20. The number of aromatic nitrogens is 2. The third-order valence-electron chi connectivity index (χ3n) is 3.73. The molecule has 3 aromatic rings. The van der Waals surface area contributed by atoms with E-state index in [0.717, 1.165) is 4.57 Å². The van der Waals surface area contributed by atoms with Crippen LogP contribution in [0.1, 0.15) is 10.4 Å². The number of anilines is 1. The van der Waals surface area contributed by atoms with Gasteiger partial charge in [0, 0.05) is 10.7 Å². The Morgan fingerprint density at radius 3 is 2.74 bits per heavy atom. The predicted octanol–water partition coefficient (Wildman–Crippen LogP) is 3.13. The summed E-state index contributed by atoms with van der Waals surface area (Å²) in [5.41, 5.74) is 0.566. The van der Waals surface area contributed by atoms with Gasteiger partial charge in [0.25, 0.3) is 5.56 Å². The zero-order chi connectivity index (χ0) is 19.6. The molecule has 2 aromatic carbocycles. The van der Waals surface area contributed by atoms with E-state index in [4.69, 9.17) is 23.2 Å². The van der Waals surface area contributed by atoms with Crippen molar-refractivity contribution in [1.82, 2.24) is 9.55 Å². The highest BCUT2D eigenvalue weighted by atomic mass is 35.5. The summed E-state index contributed by atoms with van der Waals surface area (Å²) in [5, 5.41) is 3.39. The zero-order valence-electron chi connectivity index (χ0n) is 14.0. The lowest BCUT2D eigenvalue weighted by Gasteiger charge is -2.09. The molecule has 0 bridgehead atoms. The Morgan fingerprint density at radius 2 is 2.00 bits per heavy atom. The van der Waals surface area contributed by atoms with Gasteiger partial charge in [-0.05, 0) is 30.3 Å². The van der Waals surface area contributed by atoms with E-state index in [1.54, 1.807) is 18.2 Å². The molecule has 0 fully saturated rings. The first-order valence-electron chi connectivity index (χ1n) is 7.71. The lowest BCUT2D eigenvalue weighted by molar-refractivity contribution is -0.116. The van der Waals surface area contributed by atoms with E-state index in [9.17, 15) is 14.4 Å². The molecule has 7 nitrogen and oxygen atoms in total. The second-order valence-electron chi connectivity index (χ2n) is 5.58. The van der Waals surface area contributed by atoms with Crippen LogP contribution in [0.15, 0.2) is 47.5 Å². The van der Waals surface area contributed by atoms with Crippen LogP contribution in [0.5, 0.6) is 0 Å². The van der Waals surface area contributed by atoms with E-state index < -0.39 is 17.4 Å². The monoisotopic (exact) mass is 405 g/mol. The normalized spacial score (nSPS) is 10.6. The van der Waals surface area contributed by atoms with E-state index in [1.165, 1.54) is 31.6 Å². The molecule has 0 aliphatic carbocycles. The average Bonchev–Trinajstić information content (AvgIpc) is 2.64. The predicted molar refractivity (Wildman–Crippen MR) is 102 cm³/mol. The highest BCUT2D eigenvalue weighted by Gasteiger charge is 2.12. The standard InChI is InChI=1S/C18H13Cl2N3O4/c1-27-18(26)10-3-2-4-12(5-10)22-15(24)8-23-9-21-16-13(17(23)25)6-11(19)7-14(16)20/h2-7,9H,8H2,1H3,(H,22,24). The molecule has 0 radical (unpaired) electrons. The Bertz CT molecular complexity index is 1110. The third-order valence-corrected chi connectivity index (χ3v) is 4.23. The van der Waals surface area contributed by atoms with Crippen molar-refractivity contribution >= 4 is 51.7 Å². The molecule has 0 aliphatic rings. The van der Waals surface area contributed by atoms with E-state index >= 15 is 0 Å². The fourth-order valence-corrected chi connectivity index (χ4v) is 3.05. The van der Waals surface area contributed by atoms with Crippen LogP contribution in [0.2, 0.25) is 10.0 Å². The number of fused-ring (bicyclic) bond motifs is 1. The molecule has 9 heteroatoms. The molecule has 1 aromatic heterocycles. The van der Waals surface area contributed by atoms with E-state index in [0.29, 0.717) is 21.8 Å². The summed E-state index contributed by atoms with van der Waals surface area (Å²) in [7, 11) is 1.27. The largest absolute Gasteiger partial charge is 0.465 e. The van der Waals surface area contributed by atoms with Gasteiger partial charge in [-0.3, -0.25) is 14.2 Å². The first-order chi connectivity index (χ1) is 12.9. The van der Waals surface area contributed by atoms with Crippen LogP contribution in [0.25, 0.3) is 10.9 Å². The van der Waals surface area contributed by atoms with Gasteiger partial charge in [-0.1, -0.05) is 29.3 Å². The molecule has 1 N–H and O–H groups in total. The Morgan fingerprint density at radius 1 is 1.22 bits per heavy atom. The van der Waals surface area contributed by atoms with Gasteiger partial charge < -0.3 is 10.1 Å². The minimum atomic E-state index is -0.519. The summed E-state index contributed by atoms with van der Waals surface area (Å²) in [4.78, 5) is 40.5. The summed E-state index contributed by atoms with van der Waals surface area (Å²) < 4.78 is 5.79. The molecule has 0 spiro atoms. The molecule has 0 unspecified atom stereocenters. The zero-order valence-corrected chi connectivity index (χ0v) is 15.5. The number of carbonyl (C=O) groups is 2. The molecule has 3 rings (SSSR count). The van der Waals surface area contributed by atoms with Crippen LogP contribution in [-0.4, -0.2) is 28.5 Å². The van der Waals surface area contributed by atoms with Crippen LogP contribution in [-0.2, 0) is 16.1 Å². The van der Waals surface area contributed by atoms with Gasteiger partial charge in [0.15, 0.2) is 0 Å². The summed E-state index contributed by atoms with van der Waals surface area (Å²) in [6.07, 6.45) is 1.24. The number of carbonyl (C=O) groups excluding carboxylic acids is 2. The number of nitrogens with one attached hydrogen (secondary N) is 1. The SMILES string of the molecule is COC(=O)c1cccc(NC(=O)Cn2cnc3c(Cl)cc(Cl)cc3c2=O)c1. The minimum absolute atomic E-state index is 0.218. The Kier molecular flexibility index (Phi) is 5.43. The van der Waals surface area contributed by atoms with Crippen molar-refractivity contribution in [3.8, 4) is 0 Å². The Hall–Kier alpha value is -2.90. The first kappa shape index (κ1) is 18.9. The highest BCUT2D eigenvalue weighted by molar-refractivity contribution is 6.38. The van der Waals surface area contributed by atoms with Gasteiger partial charge >= 0.3 is 5.97 Å². The van der Waals surface area contributed by atoms with E-state index in [-0.39, 0.29) is 17.0 Å². The van der Waals surface area contributed by atoms with Crippen LogP contribution in [0, 0.1) is 0 Å². The highest BCUT2D eigenvalue weighted by Crippen LogP contribution is 2.23. The van der Waals surface area contributed by atoms with E-state index in [1.807, 2.05) is 0 Å². The molecule has 27 heavy (non-hydrogen) atoms. The maximum atomic E-state index is 12.6. The fourth-order valence-electron chi connectivity index (χ4n) is 2.50. The Labute approximate surface area is 163 Å². The summed E-state index contributed by atoms with van der Waals surface area (Å²) in [6.45, 7) is -0.269. The number of amides is 1. The van der Waals surface area contributed by atoms with Crippen molar-refractivity contribution in [1.29, 1.82) is 0 Å². The molecule has 138 valence electrons. The number of hydrogen-bond donors (Lipinski definition) is 1.